The van der Waals surface area contributed by atoms with Gasteiger partial charge in [-0.1, -0.05) is 41.4 Å². The molecule has 1 aliphatic heterocycles. The third kappa shape index (κ3) is 3.62. The van der Waals surface area contributed by atoms with Gasteiger partial charge in [-0.05, 0) is 18.2 Å². The van der Waals surface area contributed by atoms with Crippen LogP contribution in [0.1, 0.15) is 5.56 Å². The van der Waals surface area contributed by atoms with Gasteiger partial charge in [0.2, 0.25) is 0 Å². The molecule has 2 aromatic rings. The molecule has 0 amide bonds. The van der Waals surface area contributed by atoms with E-state index in [2.05, 4.69) is 5.32 Å². The SMILES string of the molecule is Clc1ccc(OCc2ccccc2Cl)c(OC2CNC2)c1. The van der Waals surface area contributed by atoms with E-state index in [4.69, 9.17) is 32.7 Å². The van der Waals surface area contributed by atoms with Crippen LogP contribution in [0, 0.1) is 0 Å². The van der Waals surface area contributed by atoms with E-state index in [-0.39, 0.29) is 6.10 Å². The quantitative estimate of drug-likeness (QED) is 0.904. The van der Waals surface area contributed by atoms with Gasteiger partial charge >= 0.3 is 0 Å². The molecule has 2 aromatic carbocycles. The zero-order chi connectivity index (χ0) is 14.7. The largest absolute Gasteiger partial charge is 0.485 e. The van der Waals surface area contributed by atoms with Crippen LogP contribution in [0.4, 0.5) is 0 Å². The van der Waals surface area contributed by atoms with Gasteiger partial charge in [-0.2, -0.15) is 0 Å². The lowest BCUT2D eigenvalue weighted by Crippen LogP contribution is -2.50. The van der Waals surface area contributed by atoms with Gasteiger partial charge in [0, 0.05) is 34.8 Å². The van der Waals surface area contributed by atoms with Crippen molar-refractivity contribution < 1.29 is 9.47 Å². The molecule has 1 heterocycles. The first-order chi connectivity index (χ1) is 10.2. The van der Waals surface area contributed by atoms with Crippen molar-refractivity contribution in [3.05, 3.63) is 58.1 Å². The molecule has 0 saturated carbocycles. The predicted octanol–water partition coefficient (Wildman–Crippen LogP) is 3.92. The van der Waals surface area contributed by atoms with Crippen LogP contribution in [0.5, 0.6) is 11.5 Å². The first-order valence-electron chi connectivity index (χ1n) is 6.75. The summed E-state index contributed by atoms with van der Waals surface area (Å²) in [6.07, 6.45) is 0.172. The molecule has 21 heavy (non-hydrogen) atoms. The Morgan fingerprint density at radius 2 is 1.86 bits per heavy atom. The van der Waals surface area contributed by atoms with Gasteiger partial charge in [0.1, 0.15) is 12.7 Å². The highest BCUT2D eigenvalue weighted by molar-refractivity contribution is 6.31. The maximum atomic E-state index is 6.13. The summed E-state index contributed by atoms with van der Waals surface area (Å²) in [6, 6.07) is 13.0. The Kier molecular flexibility index (Phi) is 4.54. The molecular weight excluding hydrogens is 309 g/mol. The monoisotopic (exact) mass is 323 g/mol. The van der Waals surface area contributed by atoms with Gasteiger partial charge in [-0.25, -0.2) is 0 Å². The molecule has 3 nitrogen and oxygen atoms in total. The summed E-state index contributed by atoms with van der Waals surface area (Å²) in [5.41, 5.74) is 0.936. The minimum atomic E-state index is 0.172. The van der Waals surface area contributed by atoms with Gasteiger partial charge in [-0.15, -0.1) is 0 Å². The van der Waals surface area contributed by atoms with Crippen LogP contribution < -0.4 is 14.8 Å². The Morgan fingerprint density at radius 3 is 2.57 bits per heavy atom. The number of hydrogen-bond acceptors (Lipinski definition) is 3. The number of ether oxygens (including phenoxy) is 2. The van der Waals surface area contributed by atoms with Crippen LogP contribution in [0.25, 0.3) is 0 Å². The van der Waals surface area contributed by atoms with E-state index in [9.17, 15) is 0 Å². The van der Waals surface area contributed by atoms with E-state index in [1.54, 1.807) is 12.1 Å². The van der Waals surface area contributed by atoms with E-state index in [0.29, 0.717) is 28.2 Å². The topological polar surface area (TPSA) is 30.5 Å². The van der Waals surface area contributed by atoms with E-state index in [1.165, 1.54) is 0 Å². The number of hydrogen-bond donors (Lipinski definition) is 1. The molecule has 3 rings (SSSR count). The van der Waals surface area contributed by atoms with Crippen molar-refractivity contribution in [1.29, 1.82) is 0 Å². The van der Waals surface area contributed by atoms with Crippen molar-refractivity contribution in [3.63, 3.8) is 0 Å². The van der Waals surface area contributed by atoms with Crippen LogP contribution >= 0.6 is 23.2 Å². The summed E-state index contributed by atoms with van der Waals surface area (Å²) in [7, 11) is 0. The summed E-state index contributed by atoms with van der Waals surface area (Å²) >= 11 is 12.2. The van der Waals surface area contributed by atoms with E-state index >= 15 is 0 Å². The van der Waals surface area contributed by atoms with Crippen LogP contribution in [0.2, 0.25) is 10.0 Å². The fraction of sp³-hybridized carbons (Fsp3) is 0.250. The van der Waals surface area contributed by atoms with Crippen molar-refractivity contribution >= 4 is 23.2 Å². The lowest BCUT2D eigenvalue weighted by atomic mass is 10.2. The summed E-state index contributed by atoms with van der Waals surface area (Å²) in [5, 5.41) is 4.48. The Bertz CT molecular complexity index is 629. The Morgan fingerprint density at radius 1 is 1.05 bits per heavy atom. The third-order valence-corrected chi connectivity index (χ3v) is 3.89. The van der Waals surface area contributed by atoms with Gasteiger partial charge in [0.05, 0.1) is 0 Å². The number of nitrogens with one attached hydrogen (secondary N) is 1. The maximum Gasteiger partial charge on any atom is 0.163 e. The minimum absolute atomic E-state index is 0.172. The Labute approximate surface area is 133 Å². The second-order valence-electron chi connectivity index (χ2n) is 4.87. The molecule has 0 atom stereocenters. The first kappa shape index (κ1) is 14.5. The van der Waals surface area contributed by atoms with E-state index in [1.807, 2.05) is 30.3 Å². The van der Waals surface area contributed by atoms with Gasteiger partial charge < -0.3 is 14.8 Å². The standard InChI is InChI=1S/C16H15Cl2NO2/c17-12-5-6-15(16(7-12)21-13-8-19-9-13)20-10-11-3-1-2-4-14(11)18/h1-7,13,19H,8-10H2. The van der Waals surface area contributed by atoms with Crippen LogP contribution in [0.3, 0.4) is 0 Å². The van der Waals surface area contributed by atoms with E-state index in [0.717, 1.165) is 18.7 Å². The fourth-order valence-electron chi connectivity index (χ4n) is 1.99. The first-order valence-corrected chi connectivity index (χ1v) is 7.51. The van der Waals surface area contributed by atoms with Gasteiger partial charge in [0.15, 0.2) is 11.5 Å². The number of rotatable bonds is 5. The molecule has 1 aliphatic rings. The highest BCUT2D eigenvalue weighted by Crippen LogP contribution is 2.32. The Hall–Kier alpha value is -1.42. The van der Waals surface area contributed by atoms with Crippen LogP contribution in [-0.4, -0.2) is 19.2 Å². The highest BCUT2D eigenvalue weighted by atomic mass is 35.5. The van der Waals surface area contributed by atoms with Crippen molar-refractivity contribution in [2.45, 2.75) is 12.7 Å². The smallest absolute Gasteiger partial charge is 0.163 e. The summed E-state index contributed by atoms with van der Waals surface area (Å²) < 4.78 is 11.7. The molecule has 0 aliphatic carbocycles. The lowest BCUT2D eigenvalue weighted by Gasteiger charge is -2.28. The molecule has 110 valence electrons. The second kappa shape index (κ2) is 6.56. The molecule has 5 heteroatoms. The second-order valence-corrected chi connectivity index (χ2v) is 5.71. The predicted molar refractivity (Wildman–Crippen MR) is 84.5 cm³/mol. The molecule has 0 bridgehead atoms. The number of halogens is 2. The molecule has 0 spiro atoms. The minimum Gasteiger partial charge on any atom is -0.485 e. The summed E-state index contributed by atoms with van der Waals surface area (Å²) in [4.78, 5) is 0. The van der Waals surface area contributed by atoms with Crippen molar-refractivity contribution in [2.24, 2.45) is 0 Å². The summed E-state index contributed by atoms with van der Waals surface area (Å²) in [5.74, 6) is 1.34. The molecule has 1 saturated heterocycles. The molecule has 0 aromatic heterocycles. The summed E-state index contributed by atoms with van der Waals surface area (Å²) in [6.45, 7) is 2.08. The van der Waals surface area contributed by atoms with Crippen molar-refractivity contribution in [1.82, 2.24) is 5.32 Å². The van der Waals surface area contributed by atoms with Crippen molar-refractivity contribution in [3.8, 4) is 11.5 Å². The van der Waals surface area contributed by atoms with Gasteiger partial charge in [0.25, 0.3) is 0 Å². The van der Waals surface area contributed by atoms with Gasteiger partial charge in [-0.3, -0.25) is 0 Å². The van der Waals surface area contributed by atoms with Crippen molar-refractivity contribution in [2.75, 3.05) is 13.1 Å². The van der Waals surface area contributed by atoms with Crippen LogP contribution in [-0.2, 0) is 6.61 Å². The van der Waals surface area contributed by atoms with E-state index < -0.39 is 0 Å². The average Bonchev–Trinajstić information content (AvgIpc) is 2.43. The molecule has 1 fully saturated rings. The molecular formula is C16H15Cl2NO2. The maximum absolute atomic E-state index is 6.13. The number of benzene rings is 2. The average molecular weight is 324 g/mol. The zero-order valence-electron chi connectivity index (χ0n) is 11.3. The molecule has 1 N–H and O–H groups in total. The fourth-order valence-corrected chi connectivity index (χ4v) is 2.34. The molecule has 0 unspecified atom stereocenters. The normalized spacial score (nSPS) is 14.6. The molecule has 0 radical (unpaired) electrons. The van der Waals surface area contributed by atoms with Crippen LogP contribution in [0.15, 0.2) is 42.5 Å². The Balaban J connectivity index is 1.73. The lowest BCUT2D eigenvalue weighted by molar-refractivity contribution is 0.134. The third-order valence-electron chi connectivity index (χ3n) is 3.28. The highest BCUT2D eigenvalue weighted by Gasteiger charge is 2.20. The zero-order valence-corrected chi connectivity index (χ0v) is 12.8.